The summed E-state index contributed by atoms with van der Waals surface area (Å²) in [6.45, 7) is 2.13. The summed E-state index contributed by atoms with van der Waals surface area (Å²) >= 11 is 2.05. The minimum atomic E-state index is -0.950. The molecule has 0 spiro atoms. The Bertz CT molecular complexity index is 1210. The lowest BCUT2D eigenvalue weighted by Crippen LogP contribution is -2.22. The zero-order chi connectivity index (χ0) is 22.1. The van der Waals surface area contributed by atoms with Gasteiger partial charge in [-0.05, 0) is 46.7 Å². The number of nitrogen functional groups attached to an aromatic ring is 1. The van der Waals surface area contributed by atoms with Crippen LogP contribution in [0.2, 0.25) is 0 Å². The number of β-amino-alcohol motifs (C(OH)–C–C–N with tert-alkyl or cyclic N) is 1. The molecule has 1 aromatic carbocycles. The van der Waals surface area contributed by atoms with E-state index in [0.29, 0.717) is 18.9 Å². The summed E-state index contributed by atoms with van der Waals surface area (Å²) in [5.41, 5.74) is 7.09. The lowest BCUT2D eigenvalue weighted by atomic mass is 10.1. The molecule has 2 aromatic heterocycles. The van der Waals surface area contributed by atoms with Gasteiger partial charge in [-0.2, -0.15) is 14.4 Å². The molecule has 5 N–H and O–H groups in total. The van der Waals surface area contributed by atoms with Gasteiger partial charge in [-0.3, -0.25) is 4.90 Å². The van der Waals surface area contributed by atoms with Gasteiger partial charge in [0.05, 0.1) is 19.2 Å². The molecule has 1 unspecified atom stereocenters. The number of anilines is 1. The number of aromatic nitrogens is 4. The van der Waals surface area contributed by atoms with Gasteiger partial charge in [0.1, 0.15) is 5.82 Å². The molecule has 0 aliphatic carbocycles. The van der Waals surface area contributed by atoms with Gasteiger partial charge in [0.25, 0.3) is 0 Å². The lowest BCUT2D eigenvalue weighted by molar-refractivity contribution is 0.180. The van der Waals surface area contributed by atoms with E-state index in [4.69, 9.17) is 5.73 Å². The maximum absolute atomic E-state index is 13.8. The summed E-state index contributed by atoms with van der Waals surface area (Å²) in [4.78, 5) is 14.0. The van der Waals surface area contributed by atoms with Crippen molar-refractivity contribution in [3.05, 3.63) is 33.2 Å². The Labute approximate surface area is 190 Å². The van der Waals surface area contributed by atoms with E-state index in [2.05, 4.69) is 54.3 Å². The highest BCUT2D eigenvalue weighted by Crippen LogP contribution is 2.31. The van der Waals surface area contributed by atoms with Gasteiger partial charge in [0.15, 0.2) is 28.5 Å². The summed E-state index contributed by atoms with van der Waals surface area (Å²) in [5.74, 6) is 6.14. The van der Waals surface area contributed by atoms with Gasteiger partial charge in [-0.1, -0.05) is 11.8 Å². The summed E-state index contributed by atoms with van der Waals surface area (Å²) in [5, 5.41) is 29.2. The topological polar surface area (TPSA) is 134 Å². The zero-order valence-electron chi connectivity index (χ0n) is 16.4. The number of phenolic OH excluding ortho intramolecular Hbond substituents is 2. The van der Waals surface area contributed by atoms with E-state index >= 15 is 0 Å². The van der Waals surface area contributed by atoms with Crippen LogP contribution in [-0.2, 0) is 13.0 Å². The monoisotopic (exact) mass is 538 g/mol. The molecule has 11 heteroatoms. The molecule has 0 saturated carbocycles. The van der Waals surface area contributed by atoms with Crippen LogP contribution in [0, 0.1) is 21.5 Å². The Morgan fingerprint density at radius 2 is 1.90 bits per heavy atom. The zero-order valence-corrected chi connectivity index (χ0v) is 18.5. The number of nitrogens with zero attached hydrogens (tertiary/aromatic N) is 5. The highest BCUT2D eigenvalue weighted by atomic mass is 127. The smallest absolute Gasteiger partial charge is 0.312 e. The van der Waals surface area contributed by atoms with Crippen molar-refractivity contribution >= 4 is 39.6 Å². The molecular weight excluding hydrogens is 518 g/mol. The van der Waals surface area contributed by atoms with Gasteiger partial charge in [-0.15, -0.1) is 0 Å². The SMILES string of the molecule is Nc1nc(F)nc2c1nc(Cc1cc(O)c(O)cc1I)n2CC#CCN1CCC(O)C1. The predicted octanol–water partition coefficient (Wildman–Crippen LogP) is 1.22. The molecule has 0 radical (unpaired) electrons. The van der Waals surface area contributed by atoms with Crippen molar-refractivity contribution < 1.29 is 19.7 Å². The van der Waals surface area contributed by atoms with Crippen molar-refractivity contribution in [1.29, 1.82) is 0 Å². The molecule has 1 saturated heterocycles. The number of aromatic hydroxyl groups is 2. The second kappa shape index (κ2) is 8.81. The normalized spacial score (nSPS) is 16.5. The van der Waals surface area contributed by atoms with Crippen LogP contribution < -0.4 is 5.73 Å². The Kier molecular flexibility index (Phi) is 6.12. The number of hydrogen-bond acceptors (Lipinski definition) is 8. The molecule has 31 heavy (non-hydrogen) atoms. The van der Waals surface area contributed by atoms with Crippen LogP contribution in [0.25, 0.3) is 11.2 Å². The van der Waals surface area contributed by atoms with Gasteiger partial charge in [0.2, 0.25) is 0 Å². The third-order valence-corrected chi connectivity index (χ3v) is 6.08. The Morgan fingerprint density at radius 1 is 1.16 bits per heavy atom. The number of fused-ring (bicyclic) bond motifs is 1. The molecule has 0 amide bonds. The fourth-order valence-electron chi connectivity index (χ4n) is 3.50. The molecule has 9 nitrogen and oxygen atoms in total. The average Bonchev–Trinajstić information content (AvgIpc) is 3.27. The van der Waals surface area contributed by atoms with E-state index < -0.39 is 6.08 Å². The third-order valence-electron chi connectivity index (χ3n) is 5.08. The second-order valence-electron chi connectivity index (χ2n) is 7.30. The first-order chi connectivity index (χ1) is 14.8. The number of phenols is 2. The largest absolute Gasteiger partial charge is 0.504 e. The quantitative estimate of drug-likeness (QED) is 0.169. The first-order valence-corrected chi connectivity index (χ1v) is 10.6. The van der Waals surface area contributed by atoms with Crippen LogP contribution in [0.15, 0.2) is 12.1 Å². The van der Waals surface area contributed by atoms with E-state index in [9.17, 15) is 19.7 Å². The first kappa shape index (κ1) is 21.5. The second-order valence-corrected chi connectivity index (χ2v) is 8.47. The summed E-state index contributed by atoms with van der Waals surface area (Å²) < 4.78 is 16.2. The molecule has 1 aliphatic rings. The number of halogens is 2. The van der Waals surface area contributed by atoms with Crippen LogP contribution >= 0.6 is 22.6 Å². The fourth-order valence-corrected chi connectivity index (χ4v) is 4.14. The van der Waals surface area contributed by atoms with Gasteiger partial charge in [-0.25, -0.2) is 4.98 Å². The molecule has 1 fully saturated rings. The molecule has 162 valence electrons. The van der Waals surface area contributed by atoms with Gasteiger partial charge >= 0.3 is 6.08 Å². The standard InChI is InChI=1S/C20H20FIN6O3/c21-20-25-18(23)17-19(26-20)28(5-2-1-4-27-6-3-12(29)10-27)16(24-17)8-11-7-14(30)15(31)9-13(11)22/h7,9,12,29-31H,3-6,8,10H2,(H2,23,25,26). The molecular formula is C20H20FIN6O3. The van der Waals surface area contributed by atoms with E-state index in [0.717, 1.165) is 22.1 Å². The van der Waals surface area contributed by atoms with Crippen molar-refractivity contribution in [2.45, 2.75) is 25.5 Å². The number of benzene rings is 1. The molecule has 0 bridgehead atoms. The van der Waals surface area contributed by atoms with Gasteiger partial charge in [0, 0.05) is 23.1 Å². The number of rotatable bonds is 4. The van der Waals surface area contributed by atoms with Crippen LogP contribution in [-0.4, -0.2) is 65.5 Å². The highest BCUT2D eigenvalue weighted by Gasteiger charge is 2.20. The van der Waals surface area contributed by atoms with Crippen molar-refractivity contribution in [2.75, 3.05) is 25.4 Å². The minimum Gasteiger partial charge on any atom is -0.504 e. The van der Waals surface area contributed by atoms with Crippen molar-refractivity contribution in [3.8, 4) is 23.3 Å². The van der Waals surface area contributed by atoms with E-state index in [-0.39, 0.29) is 47.6 Å². The number of aliphatic hydroxyl groups excluding tert-OH is 1. The maximum atomic E-state index is 13.8. The highest BCUT2D eigenvalue weighted by molar-refractivity contribution is 14.1. The number of hydrogen-bond donors (Lipinski definition) is 4. The van der Waals surface area contributed by atoms with Crippen molar-refractivity contribution in [2.24, 2.45) is 0 Å². The predicted molar refractivity (Wildman–Crippen MR) is 120 cm³/mol. The van der Waals surface area contributed by atoms with Crippen molar-refractivity contribution in [1.82, 2.24) is 24.4 Å². The molecule has 3 aromatic rings. The number of likely N-dealkylation sites (tertiary alicyclic amines) is 1. The minimum absolute atomic E-state index is 0.0650. The Hall–Kier alpha value is -2.69. The molecule has 1 atom stereocenters. The first-order valence-electron chi connectivity index (χ1n) is 9.56. The molecule has 3 heterocycles. The Balaban J connectivity index is 1.66. The Morgan fingerprint density at radius 3 is 2.65 bits per heavy atom. The van der Waals surface area contributed by atoms with E-state index in [1.807, 2.05) is 0 Å². The summed E-state index contributed by atoms with van der Waals surface area (Å²) in [6.07, 6.45) is -0.235. The lowest BCUT2D eigenvalue weighted by Gasteiger charge is -2.10. The number of nitrogens with two attached hydrogens (primary N) is 1. The van der Waals surface area contributed by atoms with E-state index in [1.54, 1.807) is 4.57 Å². The fraction of sp³-hybridized carbons (Fsp3) is 0.350. The molecule has 1 aliphatic heterocycles. The summed E-state index contributed by atoms with van der Waals surface area (Å²) in [7, 11) is 0. The summed E-state index contributed by atoms with van der Waals surface area (Å²) in [6, 6.07) is 2.91. The van der Waals surface area contributed by atoms with Gasteiger partial charge < -0.3 is 25.6 Å². The van der Waals surface area contributed by atoms with E-state index in [1.165, 1.54) is 12.1 Å². The third kappa shape index (κ3) is 4.65. The van der Waals surface area contributed by atoms with Crippen LogP contribution in [0.1, 0.15) is 17.8 Å². The molecule has 4 rings (SSSR count). The number of aliphatic hydroxyl groups is 1. The van der Waals surface area contributed by atoms with Crippen LogP contribution in [0.3, 0.4) is 0 Å². The maximum Gasteiger partial charge on any atom is 0.312 e. The average molecular weight is 538 g/mol. The van der Waals surface area contributed by atoms with Crippen LogP contribution in [0.4, 0.5) is 10.2 Å². The van der Waals surface area contributed by atoms with Crippen molar-refractivity contribution in [3.63, 3.8) is 0 Å². The van der Waals surface area contributed by atoms with Crippen LogP contribution in [0.5, 0.6) is 11.5 Å². The number of imidazole rings is 1.